The summed E-state index contributed by atoms with van der Waals surface area (Å²) in [5.74, 6) is -1.67. The number of aromatic amines is 1. The van der Waals surface area contributed by atoms with Gasteiger partial charge in [-0.2, -0.15) is 0 Å². The van der Waals surface area contributed by atoms with Crippen LogP contribution in [0.15, 0.2) is 35.1 Å². The van der Waals surface area contributed by atoms with Crippen molar-refractivity contribution < 1.29 is 14.3 Å². The predicted octanol–water partition coefficient (Wildman–Crippen LogP) is 2.19. The van der Waals surface area contributed by atoms with Crippen molar-refractivity contribution in [3.63, 3.8) is 0 Å². The molecule has 0 fully saturated rings. The Hall–Kier alpha value is -2.43. The van der Waals surface area contributed by atoms with Crippen LogP contribution in [0.2, 0.25) is 0 Å². The molecule has 0 atom stereocenters. The van der Waals surface area contributed by atoms with Crippen LogP contribution in [0.1, 0.15) is 16.1 Å². The number of H-pyrrole nitrogens is 1. The highest BCUT2D eigenvalue weighted by atomic mass is 19.1. The zero-order valence-corrected chi connectivity index (χ0v) is 9.53. The molecule has 0 bridgehead atoms. The molecule has 0 saturated carbocycles. The molecule has 2 rings (SSSR count). The number of carbonyl (C=O) groups is 1. The molecule has 92 valence electrons. The highest BCUT2D eigenvalue weighted by Gasteiger charge is 2.12. The molecule has 0 radical (unpaired) electrons. The van der Waals surface area contributed by atoms with Gasteiger partial charge in [0.25, 0.3) is 5.56 Å². The van der Waals surface area contributed by atoms with E-state index in [-0.39, 0.29) is 11.4 Å². The third-order valence-electron chi connectivity index (χ3n) is 2.62. The van der Waals surface area contributed by atoms with E-state index in [4.69, 9.17) is 5.11 Å². The number of aromatic carboxylic acids is 1. The first-order chi connectivity index (χ1) is 8.49. The van der Waals surface area contributed by atoms with Gasteiger partial charge in [0, 0.05) is 11.3 Å². The van der Waals surface area contributed by atoms with Crippen LogP contribution in [-0.2, 0) is 0 Å². The highest BCUT2D eigenvalue weighted by molar-refractivity contribution is 5.89. The SMILES string of the molecule is Cc1[nH]c(=O)c(C(=O)O)cc1-c1ccc(F)cc1. The lowest BCUT2D eigenvalue weighted by Crippen LogP contribution is -2.18. The second-order valence-electron chi connectivity index (χ2n) is 3.86. The zero-order valence-electron chi connectivity index (χ0n) is 9.53. The summed E-state index contributed by atoms with van der Waals surface area (Å²) in [6.07, 6.45) is 0. The maximum atomic E-state index is 12.8. The normalized spacial score (nSPS) is 10.3. The minimum atomic E-state index is -1.29. The zero-order chi connectivity index (χ0) is 13.3. The van der Waals surface area contributed by atoms with Gasteiger partial charge < -0.3 is 10.1 Å². The van der Waals surface area contributed by atoms with E-state index in [9.17, 15) is 14.0 Å². The van der Waals surface area contributed by atoms with Gasteiger partial charge in [-0.05, 0) is 30.7 Å². The minimum Gasteiger partial charge on any atom is -0.477 e. The first kappa shape index (κ1) is 12.0. The Labute approximate surface area is 102 Å². The van der Waals surface area contributed by atoms with E-state index in [2.05, 4.69) is 4.98 Å². The Bertz CT molecular complexity index is 659. The van der Waals surface area contributed by atoms with E-state index in [0.29, 0.717) is 16.8 Å². The number of carboxylic acid groups (broad SMARTS) is 1. The molecule has 0 unspecified atom stereocenters. The molecular weight excluding hydrogens is 237 g/mol. The molecule has 0 spiro atoms. The molecule has 1 aromatic heterocycles. The summed E-state index contributed by atoms with van der Waals surface area (Å²) in [6.45, 7) is 1.66. The summed E-state index contributed by atoms with van der Waals surface area (Å²) < 4.78 is 12.8. The summed E-state index contributed by atoms with van der Waals surface area (Å²) in [5.41, 5.74) is 0.766. The van der Waals surface area contributed by atoms with Crippen molar-refractivity contribution in [1.29, 1.82) is 0 Å². The summed E-state index contributed by atoms with van der Waals surface area (Å²) in [5, 5.41) is 8.89. The predicted molar refractivity (Wildman–Crippen MR) is 64.2 cm³/mol. The van der Waals surface area contributed by atoms with Gasteiger partial charge in [-0.15, -0.1) is 0 Å². The van der Waals surface area contributed by atoms with Gasteiger partial charge in [-0.1, -0.05) is 12.1 Å². The van der Waals surface area contributed by atoms with E-state index in [1.54, 1.807) is 6.92 Å². The van der Waals surface area contributed by atoms with Crippen molar-refractivity contribution in [1.82, 2.24) is 4.98 Å². The van der Waals surface area contributed by atoms with E-state index in [0.717, 1.165) is 0 Å². The first-order valence-corrected chi connectivity index (χ1v) is 5.22. The highest BCUT2D eigenvalue weighted by Crippen LogP contribution is 2.22. The minimum absolute atomic E-state index is 0.333. The van der Waals surface area contributed by atoms with Gasteiger partial charge in [0.05, 0.1) is 0 Å². The lowest BCUT2D eigenvalue weighted by molar-refractivity contribution is 0.0695. The van der Waals surface area contributed by atoms with E-state index in [1.165, 1.54) is 30.3 Å². The first-order valence-electron chi connectivity index (χ1n) is 5.22. The molecule has 0 amide bonds. The number of aryl methyl sites for hydroxylation is 1. The van der Waals surface area contributed by atoms with Crippen molar-refractivity contribution in [3.8, 4) is 11.1 Å². The molecule has 5 heteroatoms. The van der Waals surface area contributed by atoms with E-state index < -0.39 is 11.5 Å². The molecular formula is C13H10FNO3. The van der Waals surface area contributed by atoms with Crippen molar-refractivity contribution in [3.05, 3.63) is 57.8 Å². The maximum Gasteiger partial charge on any atom is 0.341 e. The quantitative estimate of drug-likeness (QED) is 0.854. The molecule has 0 aliphatic carbocycles. The molecule has 0 aliphatic rings. The third-order valence-corrected chi connectivity index (χ3v) is 2.62. The lowest BCUT2D eigenvalue weighted by atomic mass is 10.0. The van der Waals surface area contributed by atoms with Crippen LogP contribution < -0.4 is 5.56 Å². The number of rotatable bonds is 2. The smallest absolute Gasteiger partial charge is 0.341 e. The monoisotopic (exact) mass is 247 g/mol. The van der Waals surface area contributed by atoms with Crippen LogP contribution in [0.4, 0.5) is 4.39 Å². The second kappa shape index (κ2) is 4.44. The molecule has 1 heterocycles. The maximum absolute atomic E-state index is 12.8. The molecule has 2 N–H and O–H groups in total. The Kier molecular flexibility index (Phi) is 2.97. The number of carboxylic acids is 1. The number of nitrogens with one attached hydrogen (secondary N) is 1. The van der Waals surface area contributed by atoms with Gasteiger partial charge in [-0.25, -0.2) is 9.18 Å². The fourth-order valence-corrected chi connectivity index (χ4v) is 1.71. The van der Waals surface area contributed by atoms with Crippen LogP contribution in [-0.4, -0.2) is 16.1 Å². The summed E-state index contributed by atoms with van der Waals surface area (Å²) in [6, 6.07) is 6.91. The number of hydrogen-bond acceptors (Lipinski definition) is 2. The molecule has 2 aromatic rings. The van der Waals surface area contributed by atoms with Gasteiger partial charge in [0.15, 0.2) is 0 Å². The van der Waals surface area contributed by atoms with Crippen LogP contribution in [0.3, 0.4) is 0 Å². The number of benzene rings is 1. The van der Waals surface area contributed by atoms with Crippen LogP contribution >= 0.6 is 0 Å². The number of pyridine rings is 1. The average Bonchev–Trinajstić information content (AvgIpc) is 2.30. The summed E-state index contributed by atoms with van der Waals surface area (Å²) in [4.78, 5) is 24.8. The fourth-order valence-electron chi connectivity index (χ4n) is 1.71. The van der Waals surface area contributed by atoms with E-state index in [1.807, 2.05) is 0 Å². The topological polar surface area (TPSA) is 70.2 Å². The van der Waals surface area contributed by atoms with Gasteiger partial charge in [0.1, 0.15) is 11.4 Å². The van der Waals surface area contributed by atoms with Crippen molar-refractivity contribution >= 4 is 5.97 Å². The Morgan fingerprint density at radius 3 is 2.44 bits per heavy atom. The molecule has 18 heavy (non-hydrogen) atoms. The molecule has 4 nitrogen and oxygen atoms in total. The van der Waals surface area contributed by atoms with Gasteiger partial charge in [-0.3, -0.25) is 4.79 Å². The fraction of sp³-hybridized carbons (Fsp3) is 0.0769. The average molecular weight is 247 g/mol. The Morgan fingerprint density at radius 1 is 1.28 bits per heavy atom. The van der Waals surface area contributed by atoms with Gasteiger partial charge in [0.2, 0.25) is 0 Å². The van der Waals surface area contributed by atoms with Crippen molar-refractivity contribution in [2.75, 3.05) is 0 Å². The van der Waals surface area contributed by atoms with Gasteiger partial charge >= 0.3 is 5.97 Å². The van der Waals surface area contributed by atoms with Crippen molar-refractivity contribution in [2.24, 2.45) is 0 Å². The number of halogens is 1. The molecule has 0 aliphatic heterocycles. The van der Waals surface area contributed by atoms with Crippen molar-refractivity contribution in [2.45, 2.75) is 6.92 Å². The summed E-state index contributed by atoms with van der Waals surface area (Å²) in [7, 11) is 0. The van der Waals surface area contributed by atoms with E-state index >= 15 is 0 Å². The number of aromatic nitrogens is 1. The third kappa shape index (κ3) is 2.15. The largest absolute Gasteiger partial charge is 0.477 e. The van der Waals surface area contributed by atoms with Crippen LogP contribution in [0.25, 0.3) is 11.1 Å². The molecule has 1 aromatic carbocycles. The second-order valence-corrected chi connectivity index (χ2v) is 3.86. The Balaban J connectivity index is 2.64. The van der Waals surface area contributed by atoms with Crippen LogP contribution in [0.5, 0.6) is 0 Å². The lowest BCUT2D eigenvalue weighted by Gasteiger charge is -2.07. The summed E-state index contributed by atoms with van der Waals surface area (Å²) >= 11 is 0. The van der Waals surface area contributed by atoms with Crippen LogP contribution in [0, 0.1) is 12.7 Å². The molecule has 0 saturated heterocycles. The standard InChI is InChI=1S/C13H10FNO3/c1-7-10(8-2-4-9(14)5-3-8)6-11(13(17)18)12(16)15-7/h2-6H,1H3,(H,15,16)(H,17,18). The number of hydrogen-bond donors (Lipinski definition) is 2. The Morgan fingerprint density at radius 2 is 1.89 bits per heavy atom.